The number of ether oxygens (including phenoxy) is 1. The molecule has 0 bridgehead atoms. The molecule has 2 aliphatic carbocycles. The molecular formula is C15H14O2. The molecule has 0 aromatic heterocycles. The van der Waals surface area contributed by atoms with Crippen LogP contribution < -0.4 is 0 Å². The molecule has 1 aromatic carbocycles. The highest BCUT2D eigenvalue weighted by atomic mass is 16.6. The zero-order valence-electron chi connectivity index (χ0n) is 9.77. The van der Waals surface area contributed by atoms with Crippen LogP contribution in [-0.4, -0.2) is 5.97 Å². The molecule has 3 aliphatic rings. The van der Waals surface area contributed by atoms with Gasteiger partial charge in [0, 0.05) is 11.5 Å². The molecule has 0 radical (unpaired) electrons. The Balaban J connectivity index is 2.00. The minimum atomic E-state index is -0.00440. The number of rotatable bonds is 0. The van der Waals surface area contributed by atoms with E-state index in [1.165, 1.54) is 22.3 Å². The van der Waals surface area contributed by atoms with Gasteiger partial charge in [-0.3, -0.25) is 4.79 Å². The number of hydrogen-bond acceptors (Lipinski definition) is 2. The predicted molar refractivity (Wildman–Crippen MR) is 64.2 cm³/mol. The molecule has 1 heterocycles. The van der Waals surface area contributed by atoms with Crippen molar-refractivity contribution in [1.82, 2.24) is 0 Å². The first kappa shape index (κ1) is 9.46. The maximum Gasteiger partial charge on any atom is 0.310 e. The molecule has 17 heavy (non-hydrogen) atoms. The van der Waals surface area contributed by atoms with E-state index in [0.29, 0.717) is 5.92 Å². The van der Waals surface area contributed by atoms with Crippen molar-refractivity contribution in [2.75, 3.05) is 0 Å². The Morgan fingerprint density at radius 2 is 2.24 bits per heavy atom. The number of benzene rings is 1. The van der Waals surface area contributed by atoms with Gasteiger partial charge < -0.3 is 4.74 Å². The fraction of sp³-hybridized carbons (Fsp3) is 0.400. The van der Waals surface area contributed by atoms with Gasteiger partial charge in [0.05, 0.1) is 5.92 Å². The van der Waals surface area contributed by atoms with E-state index < -0.39 is 0 Å². The summed E-state index contributed by atoms with van der Waals surface area (Å²) in [5, 5.41) is 0. The summed E-state index contributed by atoms with van der Waals surface area (Å²) in [6, 6.07) is 6.38. The maximum atomic E-state index is 11.9. The normalized spacial score (nSPS) is 32.9. The number of aryl methyl sites for hydroxylation is 1. The Hall–Kier alpha value is -1.57. The summed E-state index contributed by atoms with van der Waals surface area (Å²) in [5.41, 5.74) is 5.17. The van der Waals surface area contributed by atoms with Crippen LogP contribution in [0.2, 0.25) is 0 Å². The predicted octanol–water partition coefficient (Wildman–Crippen LogP) is 3.02. The monoisotopic (exact) mass is 226 g/mol. The van der Waals surface area contributed by atoms with Crippen molar-refractivity contribution >= 4 is 11.5 Å². The topological polar surface area (TPSA) is 26.3 Å². The van der Waals surface area contributed by atoms with Crippen molar-refractivity contribution < 1.29 is 9.53 Å². The smallest absolute Gasteiger partial charge is 0.310 e. The molecule has 4 rings (SSSR count). The summed E-state index contributed by atoms with van der Waals surface area (Å²) < 4.78 is 5.63. The van der Waals surface area contributed by atoms with Crippen LogP contribution in [0.5, 0.6) is 0 Å². The van der Waals surface area contributed by atoms with Gasteiger partial charge in [-0.1, -0.05) is 24.3 Å². The van der Waals surface area contributed by atoms with Crippen LogP contribution in [-0.2, 0) is 9.53 Å². The molecule has 1 saturated heterocycles. The second-order valence-corrected chi connectivity index (χ2v) is 5.26. The van der Waals surface area contributed by atoms with Crippen LogP contribution in [0.15, 0.2) is 24.3 Å². The molecule has 3 unspecified atom stereocenters. The number of esters is 1. The Morgan fingerprint density at radius 3 is 3.12 bits per heavy atom. The number of carbonyl (C=O) groups excluding carboxylic acids is 1. The molecule has 0 N–H and O–H groups in total. The van der Waals surface area contributed by atoms with Gasteiger partial charge in [-0.05, 0) is 36.5 Å². The molecule has 1 aliphatic heterocycles. The third kappa shape index (κ3) is 1.03. The highest BCUT2D eigenvalue weighted by Crippen LogP contribution is 2.57. The second-order valence-electron chi connectivity index (χ2n) is 5.26. The third-order valence-electron chi connectivity index (χ3n) is 4.43. The highest BCUT2D eigenvalue weighted by Gasteiger charge is 2.53. The van der Waals surface area contributed by atoms with Gasteiger partial charge in [-0.15, -0.1) is 0 Å². The second kappa shape index (κ2) is 3.00. The van der Waals surface area contributed by atoms with E-state index in [9.17, 15) is 4.79 Å². The molecule has 1 fully saturated rings. The lowest BCUT2D eigenvalue weighted by Gasteiger charge is -2.20. The fourth-order valence-electron chi connectivity index (χ4n) is 3.71. The summed E-state index contributed by atoms with van der Waals surface area (Å²) in [5.74, 6) is 0.415. The van der Waals surface area contributed by atoms with Crippen LogP contribution in [0.1, 0.15) is 35.6 Å². The third-order valence-corrected chi connectivity index (χ3v) is 4.43. The van der Waals surface area contributed by atoms with E-state index in [-0.39, 0.29) is 18.0 Å². The molecule has 1 aromatic rings. The van der Waals surface area contributed by atoms with Crippen LogP contribution in [0.25, 0.3) is 5.57 Å². The highest BCUT2D eigenvalue weighted by molar-refractivity contribution is 5.87. The molecule has 86 valence electrons. The van der Waals surface area contributed by atoms with Gasteiger partial charge in [0.25, 0.3) is 0 Å². The van der Waals surface area contributed by atoms with Crippen molar-refractivity contribution in [1.29, 1.82) is 0 Å². The first-order valence-electron chi connectivity index (χ1n) is 6.28. The number of hydrogen-bond donors (Lipinski definition) is 0. The summed E-state index contributed by atoms with van der Waals surface area (Å²) in [7, 11) is 0. The zero-order valence-corrected chi connectivity index (χ0v) is 9.77. The molecule has 0 saturated carbocycles. The lowest BCUT2D eigenvalue weighted by molar-refractivity contribution is -0.144. The van der Waals surface area contributed by atoms with Gasteiger partial charge in [0.2, 0.25) is 0 Å². The molecule has 3 atom stereocenters. The first-order valence-corrected chi connectivity index (χ1v) is 6.28. The first-order chi connectivity index (χ1) is 8.27. The van der Waals surface area contributed by atoms with E-state index in [1.54, 1.807) is 0 Å². The van der Waals surface area contributed by atoms with Crippen LogP contribution in [0.3, 0.4) is 0 Å². The van der Waals surface area contributed by atoms with Gasteiger partial charge in [0.15, 0.2) is 0 Å². The number of allylic oxidation sites excluding steroid dienone is 1. The lowest BCUT2D eigenvalue weighted by atomic mass is 9.80. The van der Waals surface area contributed by atoms with Gasteiger partial charge in [-0.25, -0.2) is 0 Å². The number of fused-ring (bicyclic) bond motifs is 3. The SMILES string of the molecule is Cc1cccc2c1C1OC(=O)C3CCC=C2C31. The van der Waals surface area contributed by atoms with E-state index >= 15 is 0 Å². The van der Waals surface area contributed by atoms with Gasteiger partial charge >= 0.3 is 5.97 Å². The standard InChI is InChI=1S/C15H14O2/c1-8-4-2-5-9-10-6-3-7-11-13(10)14(12(8)9)17-15(11)16/h2,4-6,11,13-14H,3,7H2,1H3. The van der Waals surface area contributed by atoms with E-state index in [0.717, 1.165) is 12.8 Å². The largest absolute Gasteiger partial charge is 0.457 e. The lowest BCUT2D eigenvalue weighted by Crippen LogP contribution is -2.18. The average Bonchev–Trinajstić information content (AvgIpc) is 2.82. The Bertz CT molecular complexity index is 556. The van der Waals surface area contributed by atoms with Crippen LogP contribution in [0.4, 0.5) is 0 Å². The Labute approximate surface area is 100 Å². The quantitative estimate of drug-likeness (QED) is 0.636. The molecule has 0 amide bonds. The summed E-state index contributed by atoms with van der Waals surface area (Å²) >= 11 is 0. The minimum absolute atomic E-state index is 0.00440. The zero-order chi connectivity index (χ0) is 11.6. The molecule has 2 nitrogen and oxygen atoms in total. The van der Waals surface area contributed by atoms with Gasteiger partial charge in [-0.2, -0.15) is 0 Å². The average molecular weight is 226 g/mol. The number of carbonyl (C=O) groups is 1. The maximum absolute atomic E-state index is 11.9. The van der Waals surface area contributed by atoms with Crippen molar-refractivity contribution in [3.05, 3.63) is 41.0 Å². The Kier molecular flexibility index (Phi) is 1.67. The molecule has 0 spiro atoms. The van der Waals surface area contributed by atoms with Crippen LogP contribution in [0, 0.1) is 18.8 Å². The van der Waals surface area contributed by atoms with Crippen LogP contribution >= 0.6 is 0 Å². The summed E-state index contributed by atoms with van der Waals surface area (Å²) in [6.45, 7) is 2.11. The van der Waals surface area contributed by atoms with E-state index in [1.807, 2.05) is 0 Å². The Morgan fingerprint density at radius 1 is 1.35 bits per heavy atom. The van der Waals surface area contributed by atoms with Crippen molar-refractivity contribution in [3.8, 4) is 0 Å². The van der Waals surface area contributed by atoms with Gasteiger partial charge in [0.1, 0.15) is 6.10 Å². The van der Waals surface area contributed by atoms with E-state index in [2.05, 4.69) is 31.2 Å². The van der Waals surface area contributed by atoms with E-state index in [4.69, 9.17) is 4.74 Å². The molecular weight excluding hydrogens is 212 g/mol. The minimum Gasteiger partial charge on any atom is -0.457 e. The summed E-state index contributed by atoms with van der Waals surface area (Å²) in [6.07, 6.45) is 4.26. The summed E-state index contributed by atoms with van der Waals surface area (Å²) in [4.78, 5) is 11.9. The fourth-order valence-corrected chi connectivity index (χ4v) is 3.71. The molecule has 2 heteroatoms. The van der Waals surface area contributed by atoms with Crippen molar-refractivity contribution in [2.24, 2.45) is 11.8 Å². The van der Waals surface area contributed by atoms with Crippen molar-refractivity contribution in [3.63, 3.8) is 0 Å². The van der Waals surface area contributed by atoms with Crippen molar-refractivity contribution in [2.45, 2.75) is 25.9 Å².